The number of hydrogen-bond acceptors (Lipinski definition) is 4. The van der Waals surface area contributed by atoms with Crippen LogP contribution in [0.3, 0.4) is 0 Å². The fraction of sp³-hybridized carbons (Fsp3) is 0.600. The molecule has 0 spiro atoms. The normalized spacial score (nSPS) is 14.0. The van der Waals surface area contributed by atoms with Gasteiger partial charge < -0.3 is 15.0 Å². The largest absolute Gasteiger partial charge is 0.383 e. The molecule has 1 N–H and O–H groups in total. The van der Waals surface area contributed by atoms with Crippen LogP contribution in [0.2, 0.25) is 5.02 Å². The van der Waals surface area contributed by atoms with Gasteiger partial charge in [0.25, 0.3) is 5.91 Å². The Hall–Kier alpha value is -1.33. The number of anilines is 1. The molecule has 6 heteroatoms. The molecule has 1 aromatic rings. The lowest BCUT2D eigenvalue weighted by molar-refractivity contribution is 0.0680. The van der Waals surface area contributed by atoms with Crippen LogP contribution in [-0.2, 0) is 4.74 Å². The minimum atomic E-state index is -0.0403. The third kappa shape index (κ3) is 4.32. The second-order valence-electron chi connectivity index (χ2n) is 5.20. The SMILES string of the molecule is CCCNc1cc(C(=O)N(CCOC)C2CC2)c(Cl)cn1. The Morgan fingerprint density at radius 1 is 1.57 bits per heavy atom. The van der Waals surface area contributed by atoms with E-state index >= 15 is 0 Å². The highest BCUT2D eigenvalue weighted by Gasteiger charge is 2.33. The van der Waals surface area contributed by atoms with Crippen LogP contribution in [0, 0.1) is 0 Å². The third-order valence-electron chi connectivity index (χ3n) is 3.43. The van der Waals surface area contributed by atoms with E-state index < -0.39 is 0 Å². The molecular formula is C15H22ClN3O2. The van der Waals surface area contributed by atoms with E-state index in [9.17, 15) is 4.79 Å². The van der Waals surface area contributed by atoms with Gasteiger partial charge in [0.2, 0.25) is 0 Å². The Bertz CT molecular complexity index is 492. The molecule has 0 radical (unpaired) electrons. The van der Waals surface area contributed by atoms with Crippen molar-refractivity contribution in [1.82, 2.24) is 9.88 Å². The van der Waals surface area contributed by atoms with Gasteiger partial charge in [-0.05, 0) is 25.3 Å². The van der Waals surface area contributed by atoms with Crippen molar-refractivity contribution in [3.8, 4) is 0 Å². The van der Waals surface area contributed by atoms with E-state index in [1.54, 1.807) is 13.2 Å². The summed E-state index contributed by atoms with van der Waals surface area (Å²) in [5, 5.41) is 3.57. The molecule has 5 nitrogen and oxygen atoms in total. The Kier molecular flexibility index (Phi) is 5.82. The highest BCUT2D eigenvalue weighted by atomic mass is 35.5. The van der Waals surface area contributed by atoms with E-state index in [1.807, 2.05) is 4.90 Å². The molecule has 1 amide bonds. The van der Waals surface area contributed by atoms with Gasteiger partial charge >= 0.3 is 0 Å². The average molecular weight is 312 g/mol. The molecule has 0 saturated heterocycles. The van der Waals surface area contributed by atoms with Crippen LogP contribution in [0.4, 0.5) is 5.82 Å². The van der Waals surface area contributed by atoms with Gasteiger partial charge in [-0.15, -0.1) is 0 Å². The molecular weight excluding hydrogens is 290 g/mol. The zero-order chi connectivity index (χ0) is 15.2. The predicted octanol–water partition coefficient (Wildman–Crippen LogP) is 2.81. The zero-order valence-corrected chi connectivity index (χ0v) is 13.3. The number of rotatable bonds is 8. The second kappa shape index (κ2) is 7.61. The van der Waals surface area contributed by atoms with Crippen molar-refractivity contribution in [2.24, 2.45) is 0 Å². The smallest absolute Gasteiger partial charge is 0.255 e. The third-order valence-corrected chi connectivity index (χ3v) is 3.73. The maximum Gasteiger partial charge on any atom is 0.255 e. The minimum Gasteiger partial charge on any atom is -0.383 e. The molecule has 0 bridgehead atoms. The minimum absolute atomic E-state index is 0.0403. The molecule has 116 valence electrons. The zero-order valence-electron chi connectivity index (χ0n) is 12.6. The first kappa shape index (κ1) is 16.0. The topological polar surface area (TPSA) is 54.5 Å². The fourth-order valence-corrected chi connectivity index (χ4v) is 2.32. The van der Waals surface area contributed by atoms with Crippen LogP contribution in [0.5, 0.6) is 0 Å². The summed E-state index contributed by atoms with van der Waals surface area (Å²) in [5.41, 5.74) is 0.508. The van der Waals surface area contributed by atoms with E-state index in [2.05, 4.69) is 17.2 Å². The Morgan fingerprint density at radius 2 is 2.33 bits per heavy atom. The number of carbonyl (C=O) groups excluding carboxylic acids is 1. The molecule has 0 aromatic carbocycles. The number of aromatic nitrogens is 1. The summed E-state index contributed by atoms with van der Waals surface area (Å²) in [6.07, 6.45) is 4.64. The molecule has 1 heterocycles. The van der Waals surface area contributed by atoms with E-state index in [-0.39, 0.29) is 5.91 Å². The first-order chi connectivity index (χ1) is 10.2. The van der Waals surface area contributed by atoms with Crippen LogP contribution in [0.1, 0.15) is 36.5 Å². The molecule has 1 fully saturated rings. The first-order valence-electron chi connectivity index (χ1n) is 7.36. The molecule has 1 saturated carbocycles. The van der Waals surface area contributed by atoms with Crippen molar-refractivity contribution < 1.29 is 9.53 Å². The molecule has 2 rings (SSSR count). The number of methoxy groups -OCH3 is 1. The Morgan fingerprint density at radius 3 is 2.95 bits per heavy atom. The van der Waals surface area contributed by atoms with Gasteiger partial charge in [0.05, 0.1) is 17.2 Å². The highest BCUT2D eigenvalue weighted by Crippen LogP contribution is 2.30. The van der Waals surface area contributed by atoms with Crippen molar-refractivity contribution in [3.63, 3.8) is 0 Å². The molecule has 0 aliphatic heterocycles. The summed E-state index contributed by atoms with van der Waals surface area (Å²) >= 11 is 6.16. The average Bonchev–Trinajstić information content (AvgIpc) is 3.31. The number of nitrogens with one attached hydrogen (secondary N) is 1. The molecule has 1 aliphatic rings. The van der Waals surface area contributed by atoms with Crippen LogP contribution >= 0.6 is 11.6 Å². The maximum absolute atomic E-state index is 12.7. The van der Waals surface area contributed by atoms with Crippen LogP contribution in [-0.4, -0.2) is 48.6 Å². The van der Waals surface area contributed by atoms with Gasteiger partial charge in [0, 0.05) is 32.4 Å². The number of pyridine rings is 1. The number of halogens is 1. The highest BCUT2D eigenvalue weighted by molar-refractivity contribution is 6.33. The summed E-state index contributed by atoms with van der Waals surface area (Å²) in [5.74, 6) is 0.647. The molecule has 1 aliphatic carbocycles. The summed E-state index contributed by atoms with van der Waals surface area (Å²) in [6.45, 7) is 4.02. The van der Waals surface area contributed by atoms with Crippen molar-refractivity contribution in [3.05, 3.63) is 22.8 Å². The summed E-state index contributed by atoms with van der Waals surface area (Å²) in [4.78, 5) is 18.8. The lowest BCUT2D eigenvalue weighted by Gasteiger charge is -2.22. The van der Waals surface area contributed by atoms with E-state index in [0.717, 1.165) is 25.8 Å². The summed E-state index contributed by atoms with van der Waals surface area (Å²) in [6, 6.07) is 2.06. The second-order valence-corrected chi connectivity index (χ2v) is 5.61. The van der Waals surface area contributed by atoms with Crippen molar-refractivity contribution in [1.29, 1.82) is 0 Å². The summed E-state index contributed by atoms with van der Waals surface area (Å²) in [7, 11) is 1.64. The van der Waals surface area contributed by atoms with E-state index in [0.29, 0.717) is 35.6 Å². The van der Waals surface area contributed by atoms with Gasteiger partial charge in [-0.1, -0.05) is 18.5 Å². The molecule has 1 aromatic heterocycles. The van der Waals surface area contributed by atoms with Crippen molar-refractivity contribution >= 4 is 23.3 Å². The number of ether oxygens (including phenoxy) is 1. The first-order valence-corrected chi connectivity index (χ1v) is 7.74. The van der Waals surface area contributed by atoms with Crippen molar-refractivity contribution in [2.75, 3.05) is 32.1 Å². The van der Waals surface area contributed by atoms with E-state index in [1.165, 1.54) is 6.20 Å². The predicted molar refractivity (Wildman–Crippen MR) is 84.0 cm³/mol. The van der Waals surface area contributed by atoms with Gasteiger partial charge in [-0.25, -0.2) is 4.98 Å². The lowest BCUT2D eigenvalue weighted by atomic mass is 10.2. The van der Waals surface area contributed by atoms with Gasteiger partial charge in [-0.2, -0.15) is 0 Å². The van der Waals surface area contributed by atoms with Gasteiger partial charge in [0.15, 0.2) is 0 Å². The van der Waals surface area contributed by atoms with E-state index in [4.69, 9.17) is 16.3 Å². The quantitative estimate of drug-likeness (QED) is 0.802. The monoisotopic (exact) mass is 311 g/mol. The van der Waals surface area contributed by atoms with Crippen LogP contribution in [0.15, 0.2) is 12.3 Å². The maximum atomic E-state index is 12.7. The standard InChI is InChI=1S/C15H22ClN3O2/c1-3-6-17-14-9-12(13(16)10-18-14)15(20)19(7-8-21-2)11-4-5-11/h9-11H,3-8H2,1-2H3,(H,17,18). The van der Waals surface area contributed by atoms with Gasteiger partial charge in [0.1, 0.15) is 5.82 Å². The Balaban J connectivity index is 2.15. The number of hydrogen-bond donors (Lipinski definition) is 1. The summed E-state index contributed by atoms with van der Waals surface area (Å²) < 4.78 is 5.09. The number of carbonyl (C=O) groups is 1. The molecule has 0 atom stereocenters. The fourth-order valence-electron chi connectivity index (χ4n) is 2.13. The Labute approximate surface area is 130 Å². The molecule has 21 heavy (non-hydrogen) atoms. The van der Waals surface area contributed by atoms with Crippen LogP contribution < -0.4 is 5.32 Å². The molecule has 0 unspecified atom stereocenters. The van der Waals surface area contributed by atoms with Gasteiger partial charge in [-0.3, -0.25) is 4.79 Å². The lowest BCUT2D eigenvalue weighted by Crippen LogP contribution is -2.36. The van der Waals surface area contributed by atoms with Crippen molar-refractivity contribution in [2.45, 2.75) is 32.2 Å². The number of amides is 1. The number of nitrogens with zero attached hydrogens (tertiary/aromatic N) is 2. The van der Waals surface area contributed by atoms with Crippen LogP contribution in [0.25, 0.3) is 0 Å².